The van der Waals surface area contributed by atoms with Gasteiger partial charge in [0, 0.05) is 34.1 Å². The zero-order chi connectivity index (χ0) is 39.2. The van der Waals surface area contributed by atoms with Gasteiger partial charge in [0.05, 0.1) is 0 Å². The van der Waals surface area contributed by atoms with Crippen molar-refractivity contribution >= 4 is 62.9 Å². The summed E-state index contributed by atoms with van der Waals surface area (Å²) in [6.07, 6.45) is 0. The second kappa shape index (κ2) is 16.4. The van der Waals surface area contributed by atoms with Gasteiger partial charge in [0.15, 0.2) is 8.07 Å². The molecule has 0 spiro atoms. The summed E-state index contributed by atoms with van der Waals surface area (Å²) in [5.41, 5.74) is 8.28. The number of hydrogen-bond donors (Lipinski definition) is 0. The van der Waals surface area contributed by atoms with Crippen LogP contribution in [0.25, 0.3) is 11.1 Å². The van der Waals surface area contributed by atoms with Gasteiger partial charge in [-0.05, 0) is 117 Å². The largest absolute Gasteiger partial charge is 0.311 e. The predicted molar refractivity (Wildman–Crippen MR) is 245 cm³/mol. The predicted octanol–water partition coefficient (Wildman–Crippen LogP) is 11.8. The highest BCUT2D eigenvalue weighted by Crippen LogP contribution is 2.39. The Balaban J connectivity index is 1.07. The monoisotopic (exact) mass is 764 g/mol. The molecule has 0 unspecified atom stereocenters. The first-order valence-electron chi connectivity index (χ1n) is 19.6. The van der Waals surface area contributed by atoms with Crippen molar-refractivity contribution in [2.75, 3.05) is 9.80 Å². The lowest BCUT2D eigenvalue weighted by atomic mass is 10.0. The summed E-state index contributed by atoms with van der Waals surface area (Å²) in [4.78, 5) is 4.42. The Bertz CT molecular complexity index is 2540. The van der Waals surface area contributed by atoms with Gasteiger partial charge in [-0.25, -0.2) is 4.39 Å². The average molecular weight is 765 g/mol. The van der Waals surface area contributed by atoms with Crippen LogP contribution >= 0.6 is 0 Å². The lowest BCUT2D eigenvalue weighted by molar-refractivity contribution is 0.628. The fraction of sp³-hybridized carbons (Fsp3) is 0. The number of para-hydroxylation sites is 2. The number of benzene rings is 9. The van der Waals surface area contributed by atoms with Crippen molar-refractivity contribution < 1.29 is 4.39 Å². The highest BCUT2D eigenvalue weighted by Gasteiger charge is 2.41. The van der Waals surface area contributed by atoms with Crippen LogP contribution < -0.4 is 30.5 Å². The summed E-state index contributed by atoms with van der Waals surface area (Å²) < 4.78 is 14.2. The molecule has 0 N–H and O–H groups in total. The summed E-state index contributed by atoms with van der Waals surface area (Å²) in [6.45, 7) is 0. The van der Waals surface area contributed by atoms with Gasteiger partial charge in [-0.1, -0.05) is 164 Å². The van der Waals surface area contributed by atoms with E-state index in [1.807, 2.05) is 24.3 Å². The fourth-order valence-electron chi connectivity index (χ4n) is 8.17. The molecule has 0 fully saturated rings. The first kappa shape index (κ1) is 36.4. The van der Waals surface area contributed by atoms with Crippen LogP contribution in [0.5, 0.6) is 0 Å². The van der Waals surface area contributed by atoms with E-state index in [2.05, 4.69) is 222 Å². The molecule has 0 amide bonds. The van der Waals surface area contributed by atoms with Crippen LogP contribution in [0.2, 0.25) is 0 Å². The van der Waals surface area contributed by atoms with Gasteiger partial charge in [0.25, 0.3) is 0 Å². The maximum Gasteiger partial charge on any atom is 0.179 e. The lowest BCUT2D eigenvalue weighted by Gasteiger charge is -2.34. The quantitative estimate of drug-likeness (QED) is 0.0956. The maximum absolute atomic E-state index is 14.2. The first-order valence-corrected chi connectivity index (χ1v) is 21.6. The van der Waals surface area contributed by atoms with Crippen molar-refractivity contribution in [3.63, 3.8) is 0 Å². The van der Waals surface area contributed by atoms with E-state index < -0.39 is 8.07 Å². The second-order valence-electron chi connectivity index (χ2n) is 14.3. The third kappa shape index (κ3) is 7.13. The summed E-state index contributed by atoms with van der Waals surface area (Å²) >= 11 is 0. The minimum Gasteiger partial charge on any atom is -0.311 e. The smallest absolute Gasteiger partial charge is 0.179 e. The number of hydrogen-bond acceptors (Lipinski definition) is 2. The molecule has 9 aromatic rings. The third-order valence-corrected chi connectivity index (χ3v) is 15.7. The van der Waals surface area contributed by atoms with Crippen molar-refractivity contribution in [2.24, 2.45) is 0 Å². The normalized spacial score (nSPS) is 11.2. The van der Waals surface area contributed by atoms with Gasteiger partial charge >= 0.3 is 0 Å². The molecule has 0 atom stereocenters. The van der Waals surface area contributed by atoms with Crippen LogP contribution in [-0.2, 0) is 0 Å². The van der Waals surface area contributed by atoms with Crippen molar-refractivity contribution in [2.45, 2.75) is 0 Å². The van der Waals surface area contributed by atoms with E-state index in [1.165, 1.54) is 32.9 Å². The van der Waals surface area contributed by atoms with Gasteiger partial charge < -0.3 is 9.80 Å². The van der Waals surface area contributed by atoms with E-state index in [1.54, 1.807) is 0 Å². The minimum absolute atomic E-state index is 0.266. The molecule has 58 heavy (non-hydrogen) atoms. The molecule has 9 aromatic carbocycles. The van der Waals surface area contributed by atoms with Crippen LogP contribution in [0.3, 0.4) is 0 Å². The van der Waals surface area contributed by atoms with Crippen LogP contribution in [-0.4, -0.2) is 8.07 Å². The van der Waals surface area contributed by atoms with Gasteiger partial charge in [-0.15, -0.1) is 0 Å². The molecule has 0 radical (unpaired) electrons. The Morgan fingerprint density at radius 2 is 0.483 bits per heavy atom. The Hall–Kier alpha value is -7.27. The Labute approximate surface area is 341 Å². The highest BCUT2D eigenvalue weighted by molar-refractivity contribution is 7.19. The van der Waals surface area contributed by atoms with E-state index in [0.29, 0.717) is 0 Å². The molecule has 2 nitrogen and oxygen atoms in total. The lowest BCUT2D eigenvalue weighted by Crippen LogP contribution is -2.74. The van der Waals surface area contributed by atoms with Crippen molar-refractivity contribution in [3.05, 3.63) is 255 Å². The molecule has 0 aliphatic heterocycles. The second-order valence-corrected chi connectivity index (χ2v) is 18.1. The molecule has 0 aliphatic rings. The van der Waals surface area contributed by atoms with E-state index in [0.717, 1.165) is 45.3 Å². The first-order chi connectivity index (χ1) is 28.7. The number of halogens is 1. The average Bonchev–Trinajstić information content (AvgIpc) is 3.30. The molecule has 0 bridgehead atoms. The van der Waals surface area contributed by atoms with Crippen molar-refractivity contribution in [3.8, 4) is 11.1 Å². The number of nitrogens with zero attached hydrogens (tertiary/aromatic N) is 2. The molecule has 0 aliphatic carbocycles. The number of rotatable bonds is 11. The number of anilines is 6. The Morgan fingerprint density at radius 3 is 0.828 bits per heavy atom. The summed E-state index contributed by atoms with van der Waals surface area (Å²) in [5.74, 6) is -0.266. The van der Waals surface area contributed by atoms with Gasteiger partial charge in [0.2, 0.25) is 0 Å². The van der Waals surface area contributed by atoms with Crippen LogP contribution in [0.1, 0.15) is 0 Å². The van der Waals surface area contributed by atoms with Crippen LogP contribution in [0.4, 0.5) is 38.5 Å². The molecule has 9 rings (SSSR count). The van der Waals surface area contributed by atoms with Gasteiger partial charge in [-0.3, -0.25) is 0 Å². The Morgan fingerprint density at radius 1 is 0.241 bits per heavy atom. The fourth-order valence-corrected chi connectivity index (χ4v) is 12.9. The standard InChI is InChI=1S/C54H41FN2Si/c55-44-30-34-48(35-31-44)57(50-38-36-49(37-39-50)56(45-16-6-1-7-17-45)46-18-8-2-9-19-46)47-32-26-42(27-33-47)43-28-40-54(41-29-43)58(51-20-10-3-11-21-51,52-22-12-4-13-23-52)53-24-14-5-15-25-53/h1-41H. The van der Waals surface area contributed by atoms with Crippen molar-refractivity contribution in [1.82, 2.24) is 0 Å². The molecule has 0 saturated carbocycles. The zero-order valence-electron chi connectivity index (χ0n) is 31.9. The topological polar surface area (TPSA) is 6.48 Å². The highest BCUT2D eigenvalue weighted by atomic mass is 28.3. The van der Waals surface area contributed by atoms with E-state index in [4.69, 9.17) is 0 Å². The molecule has 278 valence electrons. The van der Waals surface area contributed by atoms with Crippen molar-refractivity contribution in [1.29, 1.82) is 0 Å². The minimum atomic E-state index is -2.61. The molecular formula is C54H41FN2Si. The molecule has 4 heteroatoms. The molecule has 0 heterocycles. The molecule has 0 saturated heterocycles. The van der Waals surface area contributed by atoms with E-state index in [9.17, 15) is 4.39 Å². The van der Waals surface area contributed by atoms with Crippen LogP contribution in [0, 0.1) is 5.82 Å². The van der Waals surface area contributed by atoms with Gasteiger partial charge in [0.1, 0.15) is 5.82 Å². The summed E-state index contributed by atoms with van der Waals surface area (Å²) in [5, 5.41) is 5.39. The van der Waals surface area contributed by atoms with Gasteiger partial charge in [-0.2, -0.15) is 0 Å². The van der Waals surface area contributed by atoms with Crippen LogP contribution in [0.15, 0.2) is 249 Å². The third-order valence-electron chi connectivity index (χ3n) is 10.9. The van der Waals surface area contributed by atoms with E-state index in [-0.39, 0.29) is 5.82 Å². The zero-order valence-corrected chi connectivity index (χ0v) is 32.9. The SMILES string of the molecule is Fc1ccc(N(c2ccc(-c3ccc([Si](c4ccccc4)(c4ccccc4)c4ccccc4)cc3)cc2)c2ccc(N(c3ccccc3)c3ccccc3)cc2)cc1. The molecule has 0 aromatic heterocycles. The Kier molecular flexibility index (Phi) is 10.3. The summed E-state index contributed by atoms with van der Waals surface area (Å²) in [7, 11) is -2.61. The molecular weight excluding hydrogens is 724 g/mol. The summed E-state index contributed by atoms with van der Waals surface area (Å²) in [6, 6.07) is 86.9. The van der Waals surface area contributed by atoms with E-state index >= 15 is 0 Å². The maximum atomic E-state index is 14.2.